The average molecular weight is 346 g/mol. The van der Waals surface area contributed by atoms with Crippen molar-refractivity contribution in [2.24, 2.45) is 0 Å². The van der Waals surface area contributed by atoms with Gasteiger partial charge in [-0.3, -0.25) is 0 Å². The Morgan fingerprint density at radius 2 is 2.18 bits per heavy atom. The van der Waals surface area contributed by atoms with Gasteiger partial charge in [0.2, 0.25) is 5.88 Å². The van der Waals surface area contributed by atoms with Crippen LogP contribution in [0.15, 0.2) is 11.2 Å². The summed E-state index contributed by atoms with van der Waals surface area (Å²) in [5.41, 5.74) is -0.497. The SMILES string of the molecule is CSc1nc(Cl)cc(OC2CCN(C(=O)OC(C)(C)C)C2)n1. The molecule has 1 unspecified atom stereocenters. The van der Waals surface area contributed by atoms with E-state index in [0.29, 0.717) is 29.3 Å². The summed E-state index contributed by atoms with van der Waals surface area (Å²) in [5, 5.41) is 0.904. The molecular formula is C14H20ClN3O3S. The summed E-state index contributed by atoms with van der Waals surface area (Å²) in [6.07, 6.45) is 2.17. The number of hydrogen-bond acceptors (Lipinski definition) is 6. The van der Waals surface area contributed by atoms with Crippen molar-refractivity contribution in [1.29, 1.82) is 0 Å². The van der Waals surface area contributed by atoms with Crippen molar-refractivity contribution in [2.75, 3.05) is 19.3 Å². The lowest BCUT2D eigenvalue weighted by Gasteiger charge is -2.24. The Labute approximate surface area is 139 Å². The van der Waals surface area contributed by atoms with Crippen LogP contribution in [0.25, 0.3) is 0 Å². The first-order valence-corrected chi connectivity index (χ1v) is 8.60. The second-order valence-electron chi connectivity index (χ2n) is 5.97. The standard InChI is InChI=1S/C14H20ClN3O3S/c1-14(2,3)21-13(19)18-6-5-9(8-18)20-11-7-10(15)16-12(17-11)22-4/h7,9H,5-6,8H2,1-4H3. The van der Waals surface area contributed by atoms with Crippen molar-refractivity contribution in [3.05, 3.63) is 11.2 Å². The van der Waals surface area contributed by atoms with Gasteiger partial charge in [-0.05, 0) is 27.0 Å². The van der Waals surface area contributed by atoms with E-state index in [9.17, 15) is 4.79 Å². The van der Waals surface area contributed by atoms with Crippen LogP contribution in [0.5, 0.6) is 5.88 Å². The van der Waals surface area contributed by atoms with E-state index in [1.54, 1.807) is 11.0 Å². The number of likely N-dealkylation sites (tertiary alicyclic amines) is 1. The highest BCUT2D eigenvalue weighted by Crippen LogP contribution is 2.23. The number of carbonyl (C=O) groups is 1. The average Bonchev–Trinajstić information content (AvgIpc) is 2.84. The Bertz CT molecular complexity index is 551. The molecule has 1 amide bonds. The van der Waals surface area contributed by atoms with Crippen molar-refractivity contribution >= 4 is 29.5 Å². The lowest BCUT2D eigenvalue weighted by Crippen LogP contribution is -2.36. The quantitative estimate of drug-likeness (QED) is 0.476. The maximum absolute atomic E-state index is 12.0. The number of thioether (sulfide) groups is 1. The molecule has 0 radical (unpaired) electrons. The van der Waals surface area contributed by atoms with Gasteiger partial charge in [-0.25, -0.2) is 9.78 Å². The number of ether oxygens (including phenoxy) is 2. The minimum Gasteiger partial charge on any atom is -0.472 e. The number of aromatic nitrogens is 2. The molecule has 1 aliphatic rings. The van der Waals surface area contributed by atoms with E-state index in [1.807, 2.05) is 27.0 Å². The Kier molecular flexibility index (Phi) is 5.39. The minimum absolute atomic E-state index is 0.117. The summed E-state index contributed by atoms with van der Waals surface area (Å²) in [6, 6.07) is 1.58. The largest absolute Gasteiger partial charge is 0.472 e. The second kappa shape index (κ2) is 6.91. The van der Waals surface area contributed by atoms with Crippen molar-refractivity contribution in [1.82, 2.24) is 14.9 Å². The first kappa shape index (κ1) is 17.1. The first-order valence-electron chi connectivity index (χ1n) is 7.00. The highest BCUT2D eigenvalue weighted by atomic mass is 35.5. The van der Waals surface area contributed by atoms with Gasteiger partial charge in [0.1, 0.15) is 16.9 Å². The molecule has 2 rings (SSSR count). The minimum atomic E-state index is -0.497. The molecule has 1 saturated heterocycles. The maximum Gasteiger partial charge on any atom is 0.410 e. The normalized spacial score (nSPS) is 18.4. The number of rotatable bonds is 3. The molecule has 122 valence electrons. The van der Waals surface area contributed by atoms with Gasteiger partial charge >= 0.3 is 6.09 Å². The van der Waals surface area contributed by atoms with Crippen LogP contribution in [0.4, 0.5) is 4.79 Å². The predicted octanol–water partition coefficient (Wildman–Crippen LogP) is 3.24. The van der Waals surface area contributed by atoms with Gasteiger partial charge in [0, 0.05) is 19.0 Å². The molecule has 8 heteroatoms. The fraction of sp³-hybridized carbons (Fsp3) is 0.643. The fourth-order valence-corrected chi connectivity index (χ4v) is 2.61. The van der Waals surface area contributed by atoms with Crippen LogP contribution in [0.2, 0.25) is 5.15 Å². The molecular weight excluding hydrogens is 326 g/mol. The monoisotopic (exact) mass is 345 g/mol. The summed E-state index contributed by atoms with van der Waals surface area (Å²) in [6.45, 7) is 6.63. The maximum atomic E-state index is 12.0. The molecule has 22 heavy (non-hydrogen) atoms. The zero-order chi connectivity index (χ0) is 16.3. The molecule has 2 heterocycles. The molecule has 0 saturated carbocycles. The Morgan fingerprint density at radius 1 is 1.45 bits per heavy atom. The summed E-state index contributed by atoms with van der Waals surface area (Å²) < 4.78 is 11.2. The highest BCUT2D eigenvalue weighted by molar-refractivity contribution is 7.98. The van der Waals surface area contributed by atoms with Crippen LogP contribution in [0.3, 0.4) is 0 Å². The van der Waals surface area contributed by atoms with Gasteiger partial charge in [0.25, 0.3) is 0 Å². The van der Waals surface area contributed by atoms with Crippen LogP contribution in [-0.4, -0.2) is 52.0 Å². The molecule has 6 nitrogen and oxygen atoms in total. The van der Waals surface area contributed by atoms with Crippen molar-refractivity contribution in [2.45, 2.75) is 44.1 Å². The fourth-order valence-electron chi connectivity index (χ4n) is 2.02. The molecule has 0 bridgehead atoms. The van der Waals surface area contributed by atoms with Crippen molar-refractivity contribution in [3.8, 4) is 5.88 Å². The van der Waals surface area contributed by atoms with E-state index in [4.69, 9.17) is 21.1 Å². The molecule has 1 aliphatic heterocycles. The van der Waals surface area contributed by atoms with Crippen LogP contribution in [-0.2, 0) is 4.74 Å². The molecule has 1 fully saturated rings. The van der Waals surface area contributed by atoms with Gasteiger partial charge in [-0.1, -0.05) is 23.4 Å². The Morgan fingerprint density at radius 3 is 2.82 bits per heavy atom. The van der Waals surface area contributed by atoms with Crippen LogP contribution >= 0.6 is 23.4 Å². The summed E-state index contributed by atoms with van der Waals surface area (Å²) in [4.78, 5) is 22.0. The van der Waals surface area contributed by atoms with Gasteiger partial charge < -0.3 is 14.4 Å². The third-order valence-electron chi connectivity index (χ3n) is 2.92. The first-order chi connectivity index (χ1) is 10.3. The Balaban J connectivity index is 1.94. The zero-order valence-electron chi connectivity index (χ0n) is 13.1. The number of amides is 1. The van der Waals surface area contributed by atoms with Gasteiger partial charge in [-0.15, -0.1) is 0 Å². The number of hydrogen-bond donors (Lipinski definition) is 0. The predicted molar refractivity (Wildman–Crippen MR) is 85.7 cm³/mol. The van der Waals surface area contributed by atoms with Crippen LogP contribution < -0.4 is 4.74 Å². The summed E-state index contributed by atoms with van der Waals surface area (Å²) in [7, 11) is 0. The van der Waals surface area contributed by atoms with Gasteiger partial charge in [0.15, 0.2) is 5.16 Å². The molecule has 0 aromatic carbocycles. The van der Waals surface area contributed by atoms with E-state index in [2.05, 4.69) is 9.97 Å². The third kappa shape index (κ3) is 4.91. The number of nitrogens with zero attached hydrogens (tertiary/aromatic N) is 3. The lowest BCUT2D eigenvalue weighted by atomic mass is 10.2. The van der Waals surface area contributed by atoms with Crippen molar-refractivity contribution < 1.29 is 14.3 Å². The zero-order valence-corrected chi connectivity index (χ0v) is 14.7. The smallest absolute Gasteiger partial charge is 0.410 e. The van der Waals surface area contributed by atoms with E-state index in [-0.39, 0.29) is 12.2 Å². The van der Waals surface area contributed by atoms with E-state index in [0.717, 1.165) is 6.42 Å². The van der Waals surface area contributed by atoms with Crippen LogP contribution in [0.1, 0.15) is 27.2 Å². The third-order valence-corrected chi connectivity index (χ3v) is 3.66. The van der Waals surface area contributed by atoms with Gasteiger partial charge in [-0.2, -0.15) is 4.98 Å². The number of halogens is 1. The van der Waals surface area contributed by atoms with Crippen LogP contribution in [0, 0.1) is 0 Å². The molecule has 0 spiro atoms. The van der Waals surface area contributed by atoms with E-state index >= 15 is 0 Å². The lowest BCUT2D eigenvalue weighted by molar-refractivity contribution is 0.0274. The van der Waals surface area contributed by atoms with E-state index in [1.165, 1.54) is 11.8 Å². The topological polar surface area (TPSA) is 64.5 Å². The molecule has 1 aromatic heterocycles. The number of carbonyl (C=O) groups excluding carboxylic acids is 1. The molecule has 0 N–H and O–H groups in total. The van der Waals surface area contributed by atoms with Gasteiger partial charge in [0.05, 0.1) is 6.54 Å². The van der Waals surface area contributed by atoms with Crippen molar-refractivity contribution in [3.63, 3.8) is 0 Å². The second-order valence-corrected chi connectivity index (χ2v) is 7.13. The summed E-state index contributed by atoms with van der Waals surface area (Å²) in [5.74, 6) is 0.431. The summed E-state index contributed by atoms with van der Waals surface area (Å²) >= 11 is 7.33. The molecule has 1 atom stereocenters. The van der Waals surface area contributed by atoms with E-state index < -0.39 is 5.60 Å². The molecule has 0 aliphatic carbocycles. The Hall–Kier alpha value is -1.21. The highest BCUT2D eigenvalue weighted by Gasteiger charge is 2.31. The molecule has 1 aromatic rings.